The lowest BCUT2D eigenvalue weighted by Gasteiger charge is -2.27. The fourth-order valence-corrected chi connectivity index (χ4v) is 4.09. The van der Waals surface area contributed by atoms with E-state index in [0.717, 1.165) is 10.6 Å². The van der Waals surface area contributed by atoms with E-state index in [9.17, 15) is 10.1 Å². The fraction of sp³-hybridized carbons (Fsp3) is 0.333. The van der Waals surface area contributed by atoms with Crippen LogP contribution in [0.3, 0.4) is 0 Å². The third-order valence-corrected chi connectivity index (χ3v) is 5.38. The molecule has 1 aromatic carbocycles. The second-order valence-corrected chi connectivity index (χ2v) is 6.86. The van der Waals surface area contributed by atoms with E-state index in [2.05, 4.69) is 11.0 Å². The number of ether oxygens (including phenoxy) is 2. The molecule has 0 spiro atoms. The van der Waals surface area contributed by atoms with Crippen molar-refractivity contribution in [2.24, 2.45) is 0 Å². The molecule has 0 unspecified atom stereocenters. The lowest BCUT2D eigenvalue weighted by Crippen LogP contribution is -2.36. The summed E-state index contributed by atoms with van der Waals surface area (Å²) in [5, 5.41) is 11.2. The highest BCUT2D eigenvalue weighted by molar-refractivity contribution is 7.18. The molecule has 5 nitrogen and oxygen atoms in total. The number of nitrogens with zero attached hydrogens (tertiary/aromatic N) is 2. The van der Waals surface area contributed by atoms with Crippen molar-refractivity contribution in [2.75, 3.05) is 37.8 Å². The van der Waals surface area contributed by atoms with Crippen LogP contribution in [0.25, 0.3) is 11.1 Å². The van der Waals surface area contributed by atoms with Crippen LogP contribution < -0.4 is 4.90 Å². The van der Waals surface area contributed by atoms with E-state index in [-0.39, 0.29) is 6.61 Å². The number of morpholine rings is 1. The lowest BCUT2D eigenvalue weighted by atomic mass is 10.0. The SMILES string of the molecule is CCOC(=O)c1sc(N2CCOCC2)c(C#N)c1-c1ccc(Cl)cc1. The molecule has 130 valence electrons. The topological polar surface area (TPSA) is 62.6 Å². The summed E-state index contributed by atoms with van der Waals surface area (Å²) in [6.45, 7) is 4.64. The Labute approximate surface area is 155 Å². The maximum atomic E-state index is 12.5. The molecular formula is C18H17ClN2O3S. The molecule has 0 atom stereocenters. The van der Waals surface area contributed by atoms with E-state index in [4.69, 9.17) is 21.1 Å². The quantitative estimate of drug-likeness (QED) is 0.756. The van der Waals surface area contributed by atoms with Crippen LogP contribution in [0.5, 0.6) is 0 Å². The first-order valence-electron chi connectivity index (χ1n) is 7.98. The van der Waals surface area contributed by atoms with Gasteiger partial charge in [-0.05, 0) is 24.6 Å². The minimum Gasteiger partial charge on any atom is -0.462 e. The predicted octanol–water partition coefficient (Wildman–Crippen LogP) is 3.95. The Kier molecular flexibility index (Phi) is 5.59. The number of benzene rings is 1. The van der Waals surface area contributed by atoms with Gasteiger partial charge >= 0.3 is 5.97 Å². The van der Waals surface area contributed by atoms with Crippen molar-refractivity contribution in [1.29, 1.82) is 5.26 Å². The zero-order chi connectivity index (χ0) is 17.8. The average Bonchev–Trinajstić information content (AvgIpc) is 3.03. The number of hydrogen-bond donors (Lipinski definition) is 0. The van der Waals surface area contributed by atoms with Crippen molar-refractivity contribution < 1.29 is 14.3 Å². The van der Waals surface area contributed by atoms with Gasteiger partial charge in [0.1, 0.15) is 15.9 Å². The Hall–Kier alpha value is -2.07. The fourth-order valence-electron chi connectivity index (χ4n) is 2.74. The lowest BCUT2D eigenvalue weighted by molar-refractivity contribution is 0.0533. The van der Waals surface area contributed by atoms with Crippen molar-refractivity contribution in [1.82, 2.24) is 0 Å². The largest absolute Gasteiger partial charge is 0.462 e. The monoisotopic (exact) mass is 376 g/mol. The number of halogens is 1. The molecule has 0 amide bonds. The highest BCUT2D eigenvalue weighted by atomic mass is 35.5. The maximum Gasteiger partial charge on any atom is 0.349 e. The van der Waals surface area contributed by atoms with E-state index in [0.29, 0.717) is 47.3 Å². The van der Waals surface area contributed by atoms with Gasteiger partial charge in [-0.25, -0.2) is 4.79 Å². The number of nitriles is 1. The minimum atomic E-state index is -0.409. The molecule has 1 aromatic heterocycles. The normalized spacial score (nSPS) is 14.2. The maximum absolute atomic E-state index is 12.5. The number of hydrogen-bond acceptors (Lipinski definition) is 6. The molecular weight excluding hydrogens is 360 g/mol. The summed E-state index contributed by atoms with van der Waals surface area (Å²) < 4.78 is 10.6. The van der Waals surface area contributed by atoms with Gasteiger partial charge in [-0.15, -0.1) is 11.3 Å². The standard InChI is InChI=1S/C18H17ClN2O3S/c1-2-24-18(22)16-15(12-3-5-13(19)6-4-12)14(11-20)17(25-16)21-7-9-23-10-8-21/h3-6H,2,7-10H2,1H3. The smallest absolute Gasteiger partial charge is 0.349 e. The number of carbonyl (C=O) groups is 1. The molecule has 0 bridgehead atoms. The molecule has 3 rings (SSSR count). The first kappa shape index (κ1) is 17.7. The molecule has 2 heterocycles. The van der Waals surface area contributed by atoms with E-state index >= 15 is 0 Å². The second-order valence-electron chi connectivity index (χ2n) is 5.42. The van der Waals surface area contributed by atoms with Gasteiger partial charge in [0.15, 0.2) is 0 Å². The highest BCUT2D eigenvalue weighted by Gasteiger charge is 2.28. The van der Waals surface area contributed by atoms with Crippen LogP contribution in [0.1, 0.15) is 22.2 Å². The Morgan fingerprint density at radius 3 is 2.64 bits per heavy atom. The number of thiophene rings is 1. The van der Waals surface area contributed by atoms with Gasteiger partial charge in [-0.1, -0.05) is 23.7 Å². The molecule has 7 heteroatoms. The Morgan fingerprint density at radius 1 is 1.36 bits per heavy atom. The minimum absolute atomic E-state index is 0.283. The average molecular weight is 377 g/mol. The number of rotatable bonds is 4. The third kappa shape index (κ3) is 3.64. The Balaban J connectivity index is 2.15. The van der Waals surface area contributed by atoms with Crippen LogP contribution in [0.4, 0.5) is 5.00 Å². The summed E-state index contributed by atoms with van der Waals surface area (Å²) in [6, 6.07) is 9.41. The van der Waals surface area contributed by atoms with Crippen LogP contribution in [-0.2, 0) is 9.47 Å². The van der Waals surface area contributed by atoms with Gasteiger partial charge in [0.2, 0.25) is 0 Å². The van der Waals surface area contributed by atoms with E-state index < -0.39 is 5.97 Å². The van der Waals surface area contributed by atoms with Crippen LogP contribution >= 0.6 is 22.9 Å². The number of anilines is 1. The van der Waals surface area contributed by atoms with Crippen molar-refractivity contribution in [2.45, 2.75) is 6.92 Å². The highest BCUT2D eigenvalue weighted by Crippen LogP contribution is 2.42. The van der Waals surface area contributed by atoms with Gasteiger partial charge in [0, 0.05) is 23.7 Å². The van der Waals surface area contributed by atoms with E-state index in [1.807, 2.05) is 12.1 Å². The van der Waals surface area contributed by atoms with Crippen molar-refractivity contribution in [3.8, 4) is 17.2 Å². The molecule has 0 aliphatic carbocycles. The van der Waals surface area contributed by atoms with Crippen molar-refractivity contribution in [3.05, 3.63) is 39.7 Å². The first-order valence-corrected chi connectivity index (χ1v) is 9.17. The van der Waals surface area contributed by atoms with Crippen LogP contribution in [0.2, 0.25) is 5.02 Å². The van der Waals surface area contributed by atoms with Gasteiger partial charge in [0.05, 0.1) is 25.4 Å². The summed E-state index contributed by atoms with van der Waals surface area (Å²) in [5.41, 5.74) is 1.89. The van der Waals surface area contributed by atoms with Gasteiger partial charge < -0.3 is 14.4 Å². The summed E-state index contributed by atoms with van der Waals surface area (Å²) in [5.74, 6) is -0.409. The van der Waals surface area contributed by atoms with Crippen LogP contribution in [0.15, 0.2) is 24.3 Å². The number of carbonyl (C=O) groups excluding carboxylic acids is 1. The Bertz CT molecular complexity index is 805. The zero-order valence-electron chi connectivity index (χ0n) is 13.8. The molecule has 0 saturated carbocycles. The van der Waals surface area contributed by atoms with Crippen molar-refractivity contribution in [3.63, 3.8) is 0 Å². The molecule has 0 N–H and O–H groups in total. The molecule has 2 aromatic rings. The van der Waals surface area contributed by atoms with E-state index in [1.165, 1.54) is 11.3 Å². The van der Waals surface area contributed by atoms with Gasteiger partial charge in [-0.3, -0.25) is 0 Å². The van der Waals surface area contributed by atoms with Crippen molar-refractivity contribution >= 4 is 33.9 Å². The summed E-state index contributed by atoms with van der Waals surface area (Å²) >= 11 is 7.28. The summed E-state index contributed by atoms with van der Waals surface area (Å²) in [7, 11) is 0. The summed E-state index contributed by atoms with van der Waals surface area (Å²) in [6.07, 6.45) is 0. The molecule has 25 heavy (non-hydrogen) atoms. The van der Waals surface area contributed by atoms with Crippen LogP contribution in [0, 0.1) is 11.3 Å². The first-order chi connectivity index (χ1) is 12.2. The van der Waals surface area contributed by atoms with Gasteiger partial charge in [-0.2, -0.15) is 5.26 Å². The second kappa shape index (κ2) is 7.87. The molecule has 1 aliphatic rings. The third-order valence-electron chi connectivity index (χ3n) is 3.89. The molecule has 1 saturated heterocycles. The summed E-state index contributed by atoms with van der Waals surface area (Å²) in [4.78, 5) is 15.0. The Morgan fingerprint density at radius 2 is 2.04 bits per heavy atom. The molecule has 1 aliphatic heterocycles. The molecule has 0 radical (unpaired) electrons. The zero-order valence-corrected chi connectivity index (χ0v) is 15.3. The predicted molar refractivity (Wildman–Crippen MR) is 98.5 cm³/mol. The van der Waals surface area contributed by atoms with Crippen LogP contribution in [-0.4, -0.2) is 38.9 Å². The van der Waals surface area contributed by atoms with E-state index in [1.54, 1.807) is 19.1 Å². The number of esters is 1. The molecule has 1 fully saturated rings. The van der Waals surface area contributed by atoms with Gasteiger partial charge in [0.25, 0.3) is 0 Å².